The quantitative estimate of drug-likeness (QED) is 0.723. The molecule has 1 saturated heterocycles. The van der Waals surface area contributed by atoms with E-state index in [9.17, 15) is 0 Å². The molecule has 1 fully saturated rings. The molecule has 2 nitrogen and oxygen atoms in total. The lowest BCUT2D eigenvalue weighted by atomic mass is 9.84. The van der Waals surface area contributed by atoms with Crippen LogP contribution in [-0.4, -0.2) is 31.1 Å². The maximum absolute atomic E-state index is 5.63. The first kappa shape index (κ1) is 11.0. The van der Waals surface area contributed by atoms with Crippen molar-refractivity contribution in [3.8, 4) is 0 Å². The van der Waals surface area contributed by atoms with E-state index in [1.54, 1.807) is 0 Å². The highest BCUT2D eigenvalue weighted by Crippen LogP contribution is 2.28. The summed E-state index contributed by atoms with van der Waals surface area (Å²) in [6.45, 7) is 11.5. The Labute approximate surface area is 82.5 Å². The zero-order valence-electron chi connectivity index (χ0n) is 9.34. The van der Waals surface area contributed by atoms with Crippen LogP contribution >= 0.6 is 0 Å². The molecule has 2 N–H and O–H groups in total. The van der Waals surface area contributed by atoms with Gasteiger partial charge in [-0.05, 0) is 37.3 Å². The number of likely N-dealkylation sites (tertiary alicyclic amines) is 1. The Kier molecular flexibility index (Phi) is 3.74. The molecule has 2 heteroatoms. The largest absolute Gasteiger partial charge is 0.330 e. The van der Waals surface area contributed by atoms with Crippen LogP contribution in [0, 0.1) is 11.3 Å². The average Bonchev–Trinajstić information content (AvgIpc) is 2.02. The molecule has 1 aliphatic heterocycles. The van der Waals surface area contributed by atoms with E-state index >= 15 is 0 Å². The standard InChI is InChI=1S/C11H24N2/c1-10(7-12)8-13-6-4-5-11(2,3)9-13/h10H,4-9,12H2,1-3H3. The molecule has 0 aromatic heterocycles. The lowest BCUT2D eigenvalue weighted by Crippen LogP contribution is -2.42. The monoisotopic (exact) mass is 184 g/mol. The molecule has 0 bridgehead atoms. The summed E-state index contributed by atoms with van der Waals surface area (Å²) in [5.41, 5.74) is 6.15. The molecule has 1 atom stereocenters. The first-order valence-electron chi connectivity index (χ1n) is 5.46. The van der Waals surface area contributed by atoms with Gasteiger partial charge in [-0.2, -0.15) is 0 Å². The topological polar surface area (TPSA) is 29.3 Å². The summed E-state index contributed by atoms with van der Waals surface area (Å²) in [5, 5.41) is 0. The lowest BCUT2D eigenvalue weighted by Gasteiger charge is -2.39. The fourth-order valence-electron chi connectivity index (χ4n) is 2.22. The van der Waals surface area contributed by atoms with Crippen LogP contribution in [0.4, 0.5) is 0 Å². The smallest absolute Gasteiger partial charge is 0.00328 e. The third kappa shape index (κ3) is 3.65. The Balaban J connectivity index is 2.34. The predicted molar refractivity (Wildman–Crippen MR) is 57.7 cm³/mol. The van der Waals surface area contributed by atoms with Gasteiger partial charge in [-0.25, -0.2) is 0 Å². The van der Waals surface area contributed by atoms with Gasteiger partial charge in [0.1, 0.15) is 0 Å². The number of hydrogen-bond donors (Lipinski definition) is 1. The van der Waals surface area contributed by atoms with Crippen LogP contribution in [0.5, 0.6) is 0 Å². The molecule has 1 aliphatic rings. The average molecular weight is 184 g/mol. The fraction of sp³-hybridized carbons (Fsp3) is 1.00. The molecule has 1 rings (SSSR count). The van der Waals surface area contributed by atoms with Crippen molar-refractivity contribution in [1.82, 2.24) is 4.90 Å². The lowest BCUT2D eigenvalue weighted by molar-refractivity contribution is 0.105. The number of rotatable bonds is 3. The number of nitrogens with two attached hydrogens (primary N) is 1. The van der Waals surface area contributed by atoms with Gasteiger partial charge < -0.3 is 10.6 Å². The minimum atomic E-state index is 0.520. The Morgan fingerprint density at radius 3 is 2.69 bits per heavy atom. The molecule has 0 aromatic carbocycles. The Morgan fingerprint density at radius 1 is 1.46 bits per heavy atom. The highest BCUT2D eigenvalue weighted by molar-refractivity contribution is 4.80. The van der Waals surface area contributed by atoms with Gasteiger partial charge in [-0.1, -0.05) is 20.8 Å². The van der Waals surface area contributed by atoms with Gasteiger partial charge in [0.2, 0.25) is 0 Å². The summed E-state index contributed by atoms with van der Waals surface area (Å²) in [5.74, 6) is 0.647. The van der Waals surface area contributed by atoms with Crippen LogP contribution < -0.4 is 5.73 Å². The summed E-state index contributed by atoms with van der Waals surface area (Å²) < 4.78 is 0. The van der Waals surface area contributed by atoms with Crippen LogP contribution in [0.1, 0.15) is 33.6 Å². The zero-order chi connectivity index (χ0) is 9.90. The molecular formula is C11H24N2. The van der Waals surface area contributed by atoms with Gasteiger partial charge in [0.05, 0.1) is 0 Å². The Hall–Kier alpha value is -0.0800. The molecule has 78 valence electrons. The minimum absolute atomic E-state index is 0.520. The Bertz CT molecular complexity index is 154. The second-order valence-corrected chi connectivity index (χ2v) is 5.34. The van der Waals surface area contributed by atoms with Crippen molar-refractivity contribution in [2.45, 2.75) is 33.6 Å². The Morgan fingerprint density at radius 2 is 2.15 bits per heavy atom. The van der Waals surface area contributed by atoms with E-state index in [-0.39, 0.29) is 0 Å². The SMILES string of the molecule is CC(CN)CN1CCCC(C)(C)C1. The van der Waals surface area contributed by atoms with E-state index in [4.69, 9.17) is 5.73 Å². The van der Waals surface area contributed by atoms with E-state index in [0.717, 1.165) is 6.54 Å². The summed E-state index contributed by atoms with van der Waals surface area (Å²) >= 11 is 0. The molecule has 13 heavy (non-hydrogen) atoms. The van der Waals surface area contributed by atoms with Crippen molar-refractivity contribution in [3.63, 3.8) is 0 Å². The molecular weight excluding hydrogens is 160 g/mol. The van der Waals surface area contributed by atoms with Crippen molar-refractivity contribution in [3.05, 3.63) is 0 Å². The normalized spacial score (nSPS) is 25.8. The van der Waals surface area contributed by atoms with Crippen LogP contribution in [0.25, 0.3) is 0 Å². The molecule has 0 amide bonds. The van der Waals surface area contributed by atoms with E-state index in [0.29, 0.717) is 11.3 Å². The molecule has 0 aliphatic carbocycles. The highest BCUT2D eigenvalue weighted by atomic mass is 15.1. The number of piperidine rings is 1. The first-order chi connectivity index (χ1) is 6.03. The van der Waals surface area contributed by atoms with Gasteiger partial charge in [0.15, 0.2) is 0 Å². The molecule has 0 saturated carbocycles. The molecule has 0 radical (unpaired) electrons. The van der Waals surface area contributed by atoms with E-state index in [2.05, 4.69) is 25.7 Å². The zero-order valence-corrected chi connectivity index (χ0v) is 9.34. The van der Waals surface area contributed by atoms with Crippen molar-refractivity contribution >= 4 is 0 Å². The van der Waals surface area contributed by atoms with Gasteiger partial charge in [0.25, 0.3) is 0 Å². The van der Waals surface area contributed by atoms with Crippen molar-refractivity contribution in [2.24, 2.45) is 17.1 Å². The second kappa shape index (κ2) is 4.43. The third-order valence-electron chi connectivity index (χ3n) is 2.95. The summed E-state index contributed by atoms with van der Waals surface area (Å²) in [7, 11) is 0. The third-order valence-corrected chi connectivity index (χ3v) is 2.95. The van der Waals surface area contributed by atoms with E-state index in [1.165, 1.54) is 32.5 Å². The fourth-order valence-corrected chi connectivity index (χ4v) is 2.22. The predicted octanol–water partition coefficient (Wildman–Crippen LogP) is 1.70. The molecule has 1 heterocycles. The van der Waals surface area contributed by atoms with Crippen LogP contribution in [0.15, 0.2) is 0 Å². The van der Waals surface area contributed by atoms with E-state index < -0.39 is 0 Å². The van der Waals surface area contributed by atoms with Crippen molar-refractivity contribution in [1.29, 1.82) is 0 Å². The van der Waals surface area contributed by atoms with Crippen molar-refractivity contribution in [2.75, 3.05) is 26.2 Å². The minimum Gasteiger partial charge on any atom is -0.330 e. The van der Waals surface area contributed by atoms with Gasteiger partial charge in [-0.15, -0.1) is 0 Å². The number of hydrogen-bond acceptors (Lipinski definition) is 2. The molecule has 1 unspecified atom stereocenters. The van der Waals surface area contributed by atoms with E-state index in [1.807, 2.05) is 0 Å². The van der Waals surface area contributed by atoms with Crippen LogP contribution in [0.3, 0.4) is 0 Å². The highest BCUT2D eigenvalue weighted by Gasteiger charge is 2.26. The van der Waals surface area contributed by atoms with Crippen LogP contribution in [0.2, 0.25) is 0 Å². The first-order valence-corrected chi connectivity index (χ1v) is 5.46. The number of nitrogens with zero attached hydrogens (tertiary/aromatic N) is 1. The van der Waals surface area contributed by atoms with Gasteiger partial charge >= 0.3 is 0 Å². The second-order valence-electron chi connectivity index (χ2n) is 5.34. The maximum Gasteiger partial charge on any atom is 0.00328 e. The molecule has 0 spiro atoms. The summed E-state index contributed by atoms with van der Waals surface area (Å²) in [4.78, 5) is 2.57. The maximum atomic E-state index is 5.63. The van der Waals surface area contributed by atoms with Crippen molar-refractivity contribution < 1.29 is 0 Å². The molecule has 0 aromatic rings. The van der Waals surface area contributed by atoms with Crippen LogP contribution in [-0.2, 0) is 0 Å². The van der Waals surface area contributed by atoms with Gasteiger partial charge in [-0.3, -0.25) is 0 Å². The summed E-state index contributed by atoms with van der Waals surface area (Å²) in [6.07, 6.45) is 2.73. The summed E-state index contributed by atoms with van der Waals surface area (Å²) in [6, 6.07) is 0. The van der Waals surface area contributed by atoms with Gasteiger partial charge in [0, 0.05) is 13.1 Å².